The molecule has 16 atom stereocenters. The number of rotatable bonds is 21. The fraction of sp³-hybridized carbons (Fsp3) is 0.548. The lowest BCUT2D eigenvalue weighted by atomic mass is 9.83. The number of alkyl carbamates (subject to hydrolysis) is 2. The minimum atomic E-state index is -2.00. The van der Waals surface area contributed by atoms with Crippen molar-refractivity contribution in [2.75, 3.05) is 78.4 Å². The number of aliphatic hydroxyl groups is 2. The first-order valence-electron chi connectivity index (χ1n) is 39.8. The van der Waals surface area contributed by atoms with Crippen molar-refractivity contribution in [3.63, 3.8) is 0 Å². The van der Waals surface area contributed by atoms with Gasteiger partial charge in [-0.25, -0.2) is 19.2 Å². The summed E-state index contributed by atoms with van der Waals surface area (Å²) in [6.07, 6.45) is -0.242. The molecule has 656 valence electrons. The van der Waals surface area contributed by atoms with E-state index in [1.807, 2.05) is 38.1 Å². The number of esters is 1. The van der Waals surface area contributed by atoms with Crippen LogP contribution in [0.25, 0.3) is 0 Å². The van der Waals surface area contributed by atoms with Crippen molar-refractivity contribution >= 4 is 118 Å². The van der Waals surface area contributed by atoms with E-state index >= 15 is 0 Å². The SMILES string of the molecule is CO[C@@H]1/C=C/C=C(\C)Cc2cc(C)c(Cl)c(c2)N(C)C(=O)C[C@H](OOC(=O)[C@H](C)N(C)C(=O)CCN(C(=O)CCN2C(=O)C=CC2=O)N(CCC(=O)N(C)[C@@H](C)C(=O)O[C@H]2CC(=O)N(C)c3cc(cc(C)c3Cl)C/C(C)=C/C=C/[C@@H](OC)[C@@]3(O)CC(OC(=O)N3)[C@@H](C)[C@H]3O[C@@]23C)C(=O)CCN2C(=O)C=CC2=O)[C@]2(C)O[C@@H]2[C@H](C)C2C[C@@]1(O)NC(=O)O2. The van der Waals surface area contributed by atoms with Crippen LogP contribution in [-0.2, 0) is 113 Å². The number of epoxide rings is 2. The number of hydrogen-bond donors (Lipinski definition) is 4. The van der Waals surface area contributed by atoms with E-state index in [9.17, 15) is 77.3 Å². The first-order valence-corrected chi connectivity index (χ1v) is 40.5. The van der Waals surface area contributed by atoms with Crippen LogP contribution < -0.4 is 20.4 Å². The number of carbonyl (C=O) groups excluding carboxylic acids is 14. The number of halogens is 2. The molecule has 8 bridgehead atoms. The highest BCUT2D eigenvalue weighted by molar-refractivity contribution is 6.35. The highest BCUT2D eigenvalue weighted by Crippen LogP contribution is 2.51. The number of imide groups is 2. The number of allylic oxidation sites excluding steroid dienone is 6. The number of benzene rings is 2. The van der Waals surface area contributed by atoms with Crippen LogP contribution in [0, 0.1) is 25.7 Å². The zero-order chi connectivity index (χ0) is 89.0. The molecule has 4 fully saturated rings. The summed E-state index contributed by atoms with van der Waals surface area (Å²) in [6, 6.07) is 4.20. The van der Waals surface area contributed by atoms with E-state index in [4.69, 9.17) is 66.1 Å². The number of amides is 12. The number of hydrogen-bond acceptors (Lipinski definition) is 25. The first kappa shape index (κ1) is 93.0. The Morgan fingerprint density at radius 1 is 0.562 bits per heavy atom. The van der Waals surface area contributed by atoms with Gasteiger partial charge in [0.25, 0.3) is 23.6 Å². The third kappa shape index (κ3) is 20.9. The van der Waals surface area contributed by atoms with Gasteiger partial charge >= 0.3 is 24.1 Å². The van der Waals surface area contributed by atoms with E-state index in [0.29, 0.717) is 35.3 Å². The van der Waals surface area contributed by atoms with Crippen LogP contribution in [0.1, 0.15) is 129 Å². The van der Waals surface area contributed by atoms with Gasteiger partial charge in [-0.05, 0) is 103 Å². The van der Waals surface area contributed by atoms with Crippen LogP contribution in [-0.4, -0.2) is 275 Å². The van der Waals surface area contributed by atoms with Gasteiger partial charge in [0.05, 0.1) is 59.6 Å². The maximum absolute atomic E-state index is 14.9. The van der Waals surface area contributed by atoms with E-state index in [0.717, 1.165) is 76.2 Å². The minimum Gasteiger partial charge on any atom is -0.457 e. The lowest BCUT2D eigenvalue weighted by molar-refractivity contribution is -0.309. The van der Waals surface area contributed by atoms with Gasteiger partial charge in [-0.2, -0.15) is 4.89 Å². The van der Waals surface area contributed by atoms with Crippen LogP contribution in [0.5, 0.6) is 0 Å². The minimum absolute atomic E-state index is 0.201. The molecule has 8 heterocycles. The highest BCUT2D eigenvalue weighted by Gasteiger charge is 2.66. The molecule has 2 unspecified atom stereocenters. The molecule has 0 aromatic heterocycles. The van der Waals surface area contributed by atoms with Gasteiger partial charge in [-0.15, -0.1) is 0 Å². The number of anilines is 2. The summed E-state index contributed by atoms with van der Waals surface area (Å²) in [5, 5.41) is 31.2. The third-order valence-electron chi connectivity index (χ3n) is 23.9. The second-order valence-corrected chi connectivity index (χ2v) is 33.2. The number of likely N-dealkylation sites (N-methyl/N-ethyl adjacent to an activating group) is 2. The molecule has 0 spiro atoms. The van der Waals surface area contributed by atoms with Gasteiger partial charge in [-0.3, -0.25) is 83.3 Å². The van der Waals surface area contributed by atoms with E-state index < -0.39 is 243 Å². The van der Waals surface area contributed by atoms with E-state index in [1.165, 1.54) is 66.1 Å². The topological polar surface area (TPSA) is 419 Å². The molecule has 10 rings (SSSR count). The average molecular weight is 1730 g/mol. The maximum atomic E-state index is 14.9. The standard InChI is InChI=1S/C84H106Cl2N10O25/c1-45-19-17-21-59(113-15)83(111)43-57(115-79(109)87-83)49(5)75-81(9,118-75)61(41-71(105)91(13)55-39-53(35-45)37-47(3)73(55)85)117-77(107)51(7)89(11)63(97)29-33-95(69(103)27-31-93-65(99)23-24-66(93)100)96(70(104)28-32-94-67(101)25-26-68(94)102)34-30-64(98)90(12)52(8)78(108)121-120-62-42-72(106)92(14)56-40-54(38-48(4)74(56)86)36-46(2)20-18-22-60(114-16)84(112)44-58(116-80(110)88-84)50(6)76-82(62,10)119-76/h17-26,37-40,49-52,57-62,75-76,111-112H,27-36,41-44H2,1-16H3,(H,87,109)(H,88,110)/b21-17+,22-18+,45-19+,46-20+/t49-,50-,51+,52+,57?,58?,59-,60-,61+,62+,75-,76-,81+,82+,83+,84+/m1/s1. The zero-order valence-corrected chi connectivity index (χ0v) is 72.0. The van der Waals surface area contributed by atoms with Crippen LogP contribution in [0.4, 0.5) is 21.0 Å². The highest BCUT2D eigenvalue weighted by atomic mass is 35.5. The van der Waals surface area contributed by atoms with Crippen molar-refractivity contribution in [3.8, 4) is 0 Å². The number of hydrazine groups is 1. The van der Waals surface area contributed by atoms with Crippen LogP contribution in [0.15, 0.2) is 96.2 Å². The molecule has 0 radical (unpaired) electrons. The molecule has 37 heteroatoms. The normalized spacial score (nSPS) is 30.0. The molecule has 2 aromatic carbocycles. The number of carbonyl (C=O) groups is 14. The van der Waals surface area contributed by atoms with Gasteiger partial charge in [0.15, 0.2) is 11.4 Å². The molecule has 8 aliphatic rings. The second-order valence-electron chi connectivity index (χ2n) is 32.5. The molecule has 12 amide bonds. The van der Waals surface area contributed by atoms with Gasteiger partial charge in [-0.1, -0.05) is 96.8 Å². The Kier molecular flexibility index (Phi) is 29.2. The lowest BCUT2D eigenvalue weighted by Gasteiger charge is -2.42. The molecular weight excluding hydrogens is 1620 g/mol. The largest absolute Gasteiger partial charge is 0.457 e. The van der Waals surface area contributed by atoms with Crippen LogP contribution in [0.2, 0.25) is 10.0 Å². The zero-order valence-electron chi connectivity index (χ0n) is 70.5. The molecule has 35 nitrogen and oxygen atoms in total. The van der Waals surface area contributed by atoms with Crippen molar-refractivity contribution in [1.29, 1.82) is 0 Å². The van der Waals surface area contributed by atoms with Gasteiger partial charge < -0.3 is 63.0 Å². The average Bonchev–Trinajstić information content (AvgIpc) is 1.51. The van der Waals surface area contributed by atoms with Crippen molar-refractivity contribution in [2.24, 2.45) is 11.8 Å². The van der Waals surface area contributed by atoms with E-state index in [2.05, 4.69) is 10.6 Å². The Morgan fingerprint density at radius 2 is 0.934 bits per heavy atom. The predicted molar refractivity (Wildman–Crippen MR) is 433 cm³/mol. The smallest absolute Gasteiger partial charge is 0.409 e. The fourth-order valence-electron chi connectivity index (χ4n) is 15.9. The Bertz CT molecular complexity index is 4630. The summed E-state index contributed by atoms with van der Waals surface area (Å²) in [4.78, 5) is 213. The van der Waals surface area contributed by atoms with Crippen molar-refractivity contribution in [2.45, 2.75) is 217 Å². The number of ether oxygens (including phenoxy) is 7. The van der Waals surface area contributed by atoms with Crippen LogP contribution in [0.3, 0.4) is 0 Å². The molecule has 8 aliphatic heterocycles. The Balaban J connectivity index is 0.882. The fourth-order valence-corrected chi connectivity index (χ4v) is 16.4. The summed E-state index contributed by atoms with van der Waals surface area (Å²) in [6.45, 7) is 13.9. The van der Waals surface area contributed by atoms with Gasteiger partial charge in [0.2, 0.25) is 35.4 Å². The summed E-state index contributed by atoms with van der Waals surface area (Å²) in [5.74, 6) is -11.8. The quantitative estimate of drug-likeness (QED) is 0.0297. The molecule has 0 saturated carbocycles. The second kappa shape index (κ2) is 38.0. The van der Waals surface area contributed by atoms with Crippen molar-refractivity contribution in [3.05, 3.63) is 128 Å². The lowest BCUT2D eigenvalue weighted by Crippen LogP contribution is -2.63. The molecule has 2 aromatic rings. The molecule has 121 heavy (non-hydrogen) atoms. The Morgan fingerprint density at radius 3 is 1.32 bits per heavy atom. The van der Waals surface area contributed by atoms with Gasteiger partial charge in [0, 0.05) is 130 Å². The summed E-state index contributed by atoms with van der Waals surface area (Å²) in [7, 11) is 8.19. The third-order valence-corrected chi connectivity index (χ3v) is 24.9. The number of methoxy groups -OCH3 is 2. The monoisotopic (exact) mass is 1720 g/mol. The summed E-state index contributed by atoms with van der Waals surface area (Å²) < 4.78 is 41.9. The van der Waals surface area contributed by atoms with E-state index in [-0.39, 0.29) is 22.9 Å². The van der Waals surface area contributed by atoms with E-state index in [1.54, 1.807) is 78.0 Å². The predicted octanol–water partition coefficient (Wildman–Crippen LogP) is 5.56. The number of fused-ring (bicyclic) bond motifs is 10. The molecule has 4 saturated heterocycles. The summed E-state index contributed by atoms with van der Waals surface area (Å²) >= 11 is 13.8. The number of nitrogens with one attached hydrogen (secondary N) is 2. The maximum Gasteiger partial charge on any atom is 0.409 e. The summed E-state index contributed by atoms with van der Waals surface area (Å²) in [5.41, 5.74) is -1.72. The number of aryl methyl sites for hydroxylation is 2. The van der Waals surface area contributed by atoms with Crippen molar-refractivity contribution < 1.29 is 120 Å². The Hall–Kier alpha value is -10.2. The number of nitrogens with zero attached hydrogens (tertiary/aromatic N) is 8. The van der Waals surface area contributed by atoms with Crippen molar-refractivity contribution in [1.82, 2.24) is 40.3 Å². The van der Waals surface area contributed by atoms with Crippen LogP contribution >= 0.6 is 23.2 Å². The molecule has 0 aliphatic carbocycles. The Labute approximate surface area is 710 Å². The molecule has 4 N–H and O–H groups in total. The molecular formula is C84H106Cl2N10O25. The first-order chi connectivity index (χ1) is 56.9. The van der Waals surface area contributed by atoms with Gasteiger partial charge in [0.1, 0.15) is 59.9 Å².